The first-order valence-corrected chi connectivity index (χ1v) is 12.5. The van der Waals surface area contributed by atoms with Crippen molar-refractivity contribution in [3.63, 3.8) is 0 Å². The molecule has 0 aliphatic heterocycles. The monoisotopic (exact) mass is 464 g/mol. The van der Waals surface area contributed by atoms with Gasteiger partial charge in [-0.15, -0.1) is 11.8 Å². The summed E-state index contributed by atoms with van der Waals surface area (Å²) in [5.41, 5.74) is 6.98. The van der Waals surface area contributed by atoms with Crippen LogP contribution in [-0.2, 0) is 0 Å². The highest BCUT2D eigenvalue weighted by Crippen LogP contribution is 2.34. The van der Waals surface area contributed by atoms with Crippen molar-refractivity contribution < 1.29 is 4.74 Å². The lowest BCUT2D eigenvalue weighted by atomic mass is 9.99. The van der Waals surface area contributed by atoms with Gasteiger partial charge < -0.3 is 4.74 Å². The number of nitriles is 1. The number of rotatable bonds is 9. The second-order valence-corrected chi connectivity index (χ2v) is 9.26. The van der Waals surface area contributed by atoms with Crippen LogP contribution >= 0.6 is 11.8 Å². The second kappa shape index (κ2) is 11.5. The van der Waals surface area contributed by atoms with Crippen LogP contribution in [0.3, 0.4) is 0 Å². The maximum absolute atomic E-state index is 10.0. The first-order chi connectivity index (χ1) is 16.7. The van der Waals surface area contributed by atoms with Gasteiger partial charge in [-0.05, 0) is 61.3 Å². The van der Waals surface area contributed by atoms with Crippen molar-refractivity contribution in [1.29, 1.82) is 5.26 Å². The van der Waals surface area contributed by atoms with E-state index in [4.69, 9.17) is 9.72 Å². The van der Waals surface area contributed by atoms with Crippen LogP contribution in [0.5, 0.6) is 5.75 Å². The summed E-state index contributed by atoms with van der Waals surface area (Å²) >= 11 is 1.65. The Bertz CT molecular complexity index is 1280. The van der Waals surface area contributed by atoms with Crippen LogP contribution < -0.4 is 4.74 Å². The third-order valence-corrected chi connectivity index (χ3v) is 6.90. The van der Waals surface area contributed by atoms with Gasteiger partial charge in [0.25, 0.3) is 0 Å². The lowest BCUT2D eigenvalue weighted by molar-refractivity contribution is 0.307. The van der Waals surface area contributed by atoms with E-state index in [-0.39, 0.29) is 0 Å². The Morgan fingerprint density at radius 1 is 0.853 bits per heavy atom. The zero-order valence-electron chi connectivity index (χ0n) is 19.6. The van der Waals surface area contributed by atoms with Crippen LogP contribution in [0.15, 0.2) is 90.0 Å². The molecule has 0 atom stereocenters. The SMILES string of the molecule is Cc1cccc(OCCCCSc2nc(-c3ccccc3)cc(-c3ccccc3)c2C#N)c1C. The number of hydrogen-bond acceptors (Lipinski definition) is 4. The van der Waals surface area contributed by atoms with Crippen molar-refractivity contribution in [3.05, 3.63) is 102 Å². The Balaban J connectivity index is 1.48. The fourth-order valence-electron chi connectivity index (χ4n) is 3.77. The van der Waals surface area contributed by atoms with E-state index in [0.29, 0.717) is 12.2 Å². The molecule has 0 N–H and O–H groups in total. The maximum Gasteiger partial charge on any atom is 0.122 e. The van der Waals surface area contributed by atoms with Gasteiger partial charge >= 0.3 is 0 Å². The molecule has 34 heavy (non-hydrogen) atoms. The van der Waals surface area contributed by atoms with E-state index in [0.717, 1.165) is 51.8 Å². The molecule has 1 aromatic heterocycles. The predicted molar refractivity (Wildman–Crippen MR) is 141 cm³/mol. The summed E-state index contributed by atoms with van der Waals surface area (Å²) in [6.07, 6.45) is 1.94. The van der Waals surface area contributed by atoms with Crippen LogP contribution in [-0.4, -0.2) is 17.3 Å². The molecule has 0 aliphatic carbocycles. The summed E-state index contributed by atoms with van der Waals surface area (Å²) in [6, 6.07) is 30.8. The lowest BCUT2D eigenvalue weighted by Gasteiger charge is -2.13. The van der Waals surface area contributed by atoms with Crippen molar-refractivity contribution in [2.75, 3.05) is 12.4 Å². The summed E-state index contributed by atoms with van der Waals surface area (Å²) in [4.78, 5) is 4.90. The minimum absolute atomic E-state index is 0.641. The normalized spacial score (nSPS) is 10.6. The molecule has 4 heteroatoms. The van der Waals surface area contributed by atoms with Gasteiger partial charge in [-0.1, -0.05) is 72.8 Å². The summed E-state index contributed by atoms with van der Waals surface area (Å²) in [6.45, 7) is 4.88. The number of aromatic nitrogens is 1. The quantitative estimate of drug-likeness (QED) is 0.187. The Morgan fingerprint density at radius 2 is 1.56 bits per heavy atom. The molecule has 1 heterocycles. The smallest absolute Gasteiger partial charge is 0.122 e. The minimum atomic E-state index is 0.641. The molecule has 4 aromatic rings. The number of benzene rings is 3. The van der Waals surface area contributed by atoms with Crippen molar-refractivity contribution in [1.82, 2.24) is 4.98 Å². The molecule has 0 aliphatic rings. The van der Waals surface area contributed by atoms with E-state index in [9.17, 15) is 5.26 Å². The third-order valence-electron chi connectivity index (χ3n) is 5.84. The van der Waals surface area contributed by atoms with Gasteiger partial charge in [0.2, 0.25) is 0 Å². The number of thioether (sulfide) groups is 1. The Labute approximate surface area is 206 Å². The van der Waals surface area contributed by atoms with Crippen LogP contribution in [0.1, 0.15) is 29.5 Å². The van der Waals surface area contributed by atoms with Crippen molar-refractivity contribution in [2.24, 2.45) is 0 Å². The molecule has 0 amide bonds. The van der Waals surface area contributed by atoms with E-state index in [1.807, 2.05) is 66.7 Å². The third kappa shape index (κ3) is 5.68. The summed E-state index contributed by atoms with van der Waals surface area (Å²) < 4.78 is 5.99. The molecule has 0 bridgehead atoms. The standard InChI is InChI=1S/C30H28N2OS/c1-22-12-11-17-29(23(22)2)33-18-9-10-19-34-30-27(21-31)26(24-13-5-3-6-14-24)20-28(32-30)25-15-7-4-8-16-25/h3-8,11-17,20H,9-10,18-19H2,1-2H3. The summed E-state index contributed by atoms with van der Waals surface area (Å²) in [5, 5.41) is 10.8. The molecule has 0 saturated heterocycles. The largest absolute Gasteiger partial charge is 0.493 e. The van der Waals surface area contributed by atoms with Crippen molar-refractivity contribution >= 4 is 11.8 Å². The van der Waals surface area contributed by atoms with E-state index < -0.39 is 0 Å². The molecule has 0 fully saturated rings. The fourth-order valence-corrected chi connectivity index (χ4v) is 4.78. The van der Waals surface area contributed by atoms with E-state index in [1.165, 1.54) is 11.1 Å². The number of hydrogen-bond donors (Lipinski definition) is 0. The number of aryl methyl sites for hydroxylation is 1. The van der Waals surface area contributed by atoms with Gasteiger partial charge in [0.1, 0.15) is 16.8 Å². The fraction of sp³-hybridized carbons (Fsp3) is 0.200. The molecule has 0 unspecified atom stereocenters. The van der Waals surface area contributed by atoms with Gasteiger partial charge in [0.15, 0.2) is 0 Å². The van der Waals surface area contributed by atoms with Crippen molar-refractivity contribution in [3.8, 4) is 34.2 Å². The van der Waals surface area contributed by atoms with Crippen LogP contribution in [0, 0.1) is 25.2 Å². The highest BCUT2D eigenvalue weighted by Gasteiger charge is 2.15. The number of nitrogens with zero attached hydrogens (tertiary/aromatic N) is 2. The molecule has 4 rings (SSSR count). The van der Waals surface area contributed by atoms with Crippen LogP contribution in [0.2, 0.25) is 0 Å². The van der Waals surface area contributed by atoms with Gasteiger partial charge in [-0.25, -0.2) is 4.98 Å². The molecular weight excluding hydrogens is 436 g/mol. The highest BCUT2D eigenvalue weighted by molar-refractivity contribution is 7.99. The summed E-state index contributed by atoms with van der Waals surface area (Å²) in [5.74, 6) is 1.84. The number of ether oxygens (including phenoxy) is 1. The topological polar surface area (TPSA) is 45.9 Å². The Morgan fingerprint density at radius 3 is 2.26 bits per heavy atom. The van der Waals surface area contributed by atoms with Gasteiger partial charge in [-0.3, -0.25) is 0 Å². The molecule has 3 aromatic carbocycles. The lowest BCUT2D eigenvalue weighted by Crippen LogP contribution is -2.01. The molecule has 0 saturated carbocycles. The zero-order valence-corrected chi connectivity index (χ0v) is 20.4. The summed E-state index contributed by atoms with van der Waals surface area (Å²) in [7, 11) is 0. The predicted octanol–water partition coefficient (Wildman–Crippen LogP) is 7.86. The van der Waals surface area contributed by atoms with Crippen LogP contribution in [0.25, 0.3) is 22.4 Å². The van der Waals surface area contributed by atoms with E-state index in [2.05, 4.69) is 38.1 Å². The maximum atomic E-state index is 10.0. The highest BCUT2D eigenvalue weighted by atomic mass is 32.2. The minimum Gasteiger partial charge on any atom is -0.493 e. The van der Waals surface area contributed by atoms with E-state index in [1.54, 1.807) is 11.8 Å². The molecule has 0 radical (unpaired) electrons. The van der Waals surface area contributed by atoms with Gasteiger partial charge in [-0.2, -0.15) is 5.26 Å². The van der Waals surface area contributed by atoms with Crippen LogP contribution in [0.4, 0.5) is 0 Å². The molecule has 0 spiro atoms. The van der Waals surface area contributed by atoms with Gasteiger partial charge in [0.05, 0.1) is 17.9 Å². The number of unbranched alkanes of at least 4 members (excludes halogenated alkanes) is 1. The first-order valence-electron chi connectivity index (χ1n) is 11.5. The molecular formula is C30H28N2OS. The second-order valence-electron chi connectivity index (χ2n) is 8.18. The average Bonchev–Trinajstić information content (AvgIpc) is 2.89. The van der Waals surface area contributed by atoms with E-state index >= 15 is 0 Å². The Hall–Kier alpha value is -3.55. The average molecular weight is 465 g/mol. The first kappa shape index (κ1) is 23.6. The number of pyridine rings is 1. The van der Waals surface area contributed by atoms with Gasteiger partial charge in [0, 0.05) is 11.1 Å². The zero-order chi connectivity index (χ0) is 23.8. The van der Waals surface area contributed by atoms with Crippen molar-refractivity contribution in [2.45, 2.75) is 31.7 Å². The Kier molecular flexibility index (Phi) is 8.01. The molecule has 170 valence electrons. The molecule has 3 nitrogen and oxygen atoms in total.